The van der Waals surface area contributed by atoms with Crippen molar-refractivity contribution in [2.24, 2.45) is 22.9 Å². The summed E-state index contributed by atoms with van der Waals surface area (Å²) in [7, 11) is 0. The maximum Gasteiger partial charge on any atom is 0.407 e. The predicted octanol–water partition coefficient (Wildman–Crippen LogP) is 1.82. The zero-order valence-electron chi connectivity index (χ0n) is 38.9. The fourth-order valence-electron chi connectivity index (χ4n) is 5.10. The highest BCUT2D eigenvalue weighted by Gasteiger charge is 2.14. The van der Waals surface area contributed by atoms with E-state index in [1.165, 1.54) is 12.1 Å². The number of hydrogen-bond acceptors (Lipinski definition) is 20. The van der Waals surface area contributed by atoms with Crippen LogP contribution in [0.4, 0.5) is 9.59 Å². The molecule has 0 radical (unpaired) electrons. The third-order valence-corrected chi connectivity index (χ3v) is 8.47. The second-order valence-electron chi connectivity index (χ2n) is 14.4. The SMILES string of the molecule is C=C(C)C(=O)OC(C)COCCCOCC(C)OC(=O)NCc1cc(C(N)=C=O)cc(C(N)=C=O)c1.C=CC(=O)OCCOCCCOCCOC(=O)NCc1cc(C(N)=C=O)cc(C(N)=C=O)c1. The van der Waals surface area contributed by atoms with E-state index in [4.69, 9.17) is 60.8 Å². The molecule has 69 heavy (non-hydrogen) atoms. The van der Waals surface area contributed by atoms with Crippen molar-refractivity contribution in [1.82, 2.24) is 10.6 Å². The molecule has 22 nitrogen and oxygen atoms in total. The normalized spacial score (nSPS) is 10.9. The third kappa shape index (κ3) is 26.2. The van der Waals surface area contributed by atoms with Crippen LogP contribution in [0.2, 0.25) is 0 Å². The van der Waals surface area contributed by atoms with Crippen molar-refractivity contribution in [3.05, 3.63) is 94.6 Å². The van der Waals surface area contributed by atoms with Gasteiger partial charge in [-0.25, -0.2) is 38.4 Å². The first-order chi connectivity index (χ1) is 33.0. The molecule has 0 aliphatic carbocycles. The average molecular weight is 965 g/mol. The minimum absolute atomic E-state index is 0.0307. The van der Waals surface area contributed by atoms with E-state index in [0.29, 0.717) is 78.2 Å². The van der Waals surface area contributed by atoms with Crippen molar-refractivity contribution in [1.29, 1.82) is 0 Å². The molecule has 0 aromatic heterocycles. The third-order valence-electron chi connectivity index (χ3n) is 8.47. The van der Waals surface area contributed by atoms with Gasteiger partial charge >= 0.3 is 24.1 Å². The molecular weight excluding hydrogens is 905 g/mol. The molecule has 0 spiro atoms. The Labute approximate surface area is 399 Å². The van der Waals surface area contributed by atoms with Crippen molar-refractivity contribution in [3.63, 3.8) is 0 Å². The van der Waals surface area contributed by atoms with E-state index in [1.54, 1.807) is 68.8 Å². The summed E-state index contributed by atoms with van der Waals surface area (Å²) in [6, 6.07) is 9.12. The molecule has 0 saturated carbocycles. The van der Waals surface area contributed by atoms with Crippen LogP contribution in [-0.2, 0) is 79.8 Å². The van der Waals surface area contributed by atoms with Gasteiger partial charge < -0.3 is 71.5 Å². The Bertz CT molecular complexity index is 2170. The zero-order valence-corrected chi connectivity index (χ0v) is 38.9. The van der Waals surface area contributed by atoms with Crippen LogP contribution >= 0.6 is 0 Å². The van der Waals surface area contributed by atoms with E-state index in [1.807, 2.05) is 0 Å². The summed E-state index contributed by atoms with van der Waals surface area (Å²) in [5.74, 6) is 5.33. The van der Waals surface area contributed by atoms with Gasteiger partial charge in [0.25, 0.3) is 0 Å². The Hall–Kier alpha value is -7.76. The van der Waals surface area contributed by atoms with Crippen LogP contribution in [0.3, 0.4) is 0 Å². The number of ether oxygens (including phenoxy) is 8. The van der Waals surface area contributed by atoms with Crippen LogP contribution in [0.1, 0.15) is 67.0 Å². The van der Waals surface area contributed by atoms with Crippen LogP contribution in [0.5, 0.6) is 0 Å². The van der Waals surface area contributed by atoms with Crippen LogP contribution in [0.25, 0.3) is 22.8 Å². The Balaban J connectivity index is 0.000000693. The fraction of sp³-hybridized carbons (Fsp3) is 0.404. The number of carbonyl (C=O) groups is 4. The van der Waals surface area contributed by atoms with Gasteiger partial charge in [-0.15, -0.1) is 0 Å². The number of amides is 2. The van der Waals surface area contributed by atoms with Gasteiger partial charge in [-0.05, 0) is 81.1 Å². The molecule has 374 valence electrons. The van der Waals surface area contributed by atoms with E-state index in [-0.39, 0.29) is 81.6 Å². The number of hydrogen-bond donors (Lipinski definition) is 6. The summed E-state index contributed by atoms with van der Waals surface area (Å²) in [6.07, 6.45) is 0.0487. The smallest absolute Gasteiger partial charge is 0.407 e. The number of rotatable bonds is 30. The van der Waals surface area contributed by atoms with Gasteiger partial charge in [0, 0.05) is 73.4 Å². The molecule has 2 aromatic carbocycles. The van der Waals surface area contributed by atoms with Gasteiger partial charge in [0.1, 0.15) is 48.2 Å². The lowest BCUT2D eigenvalue weighted by molar-refractivity contribution is -0.146. The minimum Gasteiger partial charge on any atom is -0.460 e. The molecule has 0 bridgehead atoms. The van der Waals surface area contributed by atoms with Gasteiger partial charge in [0.15, 0.2) is 23.8 Å². The molecule has 0 saturated heterocycles. The molecule has 22 heteroatoms. The molecule has 2 aromatic rings. The summed E-state index contributed by atoms with van der Waals surface area (Å²) in [5.41, 5.74) is 24.3. The van der Waals surface area contributed by atoms with E-state index in [0.717, 1.165) is 6.08 Å². The summed E-state index contributed by atoms with van der Waals surface area (Å²) in [6.45, 7) is 14.6. The number of alkyl carbamates (subject to hydrolysis) is 2. The largest absolute Gasteiger partial charge is 0.460 e. The number of carbonyl (C=O) groups excluding carboxylic acids is 8. The van der Waals surface area contributed by atoms with Crippen molar-refractivity contribution < 1.29 is 76.3 Å². The number of nitrogens with two attached hydrogens (primary N) is 4. The summed E-state index contributed by atoms with van der Waals surface area (Å²) < 4.78 is 41.6. The number of nitrogens with one attached hydrogen (secondary N) is 2. The van der Waals surface area contributed by atoms with Crippen LogP contribution in [0.15, 0.2) is 61.2 Å². The number of benzene rings is 2. The van der Waals surface area contributed by atoms with E-state index >= 15 is 0 Å². The fourth-order valence-corrected chi connectivity index (χ4v) is 5.10. The molecule has 2 atom stereocenters. The van der Waals surface area contributed by atoms with Crippen LogP contribution < -0.4 is 33.6 Å². The van der Waals surface area contributed by atoms with Crippen molar-refractivity contribution in [3.8, 4) is 0 Å². The van der Waals surface area contributed by atoms with Crippen LogP contribution in [0, 0.1) is 0 Å². The molecule has 0 aliphatic rings. The topological polar surface area (TPSA) is 339 Å². The molecule has 10 N–H and O–H groups in total. The van der Waals surface area contributed by atoms with E-state index in [9.17, 15) is 38.4 Å². The summed E-state index contributed by atoms with van der Waals surface area (Å²) in [4.78, 5) is 89.5. The highest BCUT2D eigenvalue weighted by atomic mass is 16.6. The standard InChI is InChI=1S/C25H33N3O8.C22H27N3O8/c1-16(2)24(31)35-17(3)14-33-6-5-7-34-15-18(4)36-25(32)28-11-19-8-20(22(26)12-29)10-21(9-19)23(27)13-30;1-2-21(28)32-8-6-30-4-3-5-31-7-9-33-22(29)25-13-16-10-17(19(23)14-26)12-18(11-16)20(24)15-27/h8-10,17-18H,1,5-7,11,14-15,26-27H2,2-4H3,(H,28,32);2,10-12H,1,3-9,13,23-24H2,(H,25,29). The molecule has 2 unspecified atom stereocenters. The predicted molar refractivity (Wildman–Crippen MR) is 251 cm³/mol. The lowest BCUT2D eigenvalue weighted by Crippen LogP contribution is -2.29. The monoisotopic (exact) mass is 964 g/mol. The van der Waals surface area contributed by atoms with Crippen molar-refractivity contribution in [2.75, 3.05) is 66.1 Å². The second-order valence-corrected chi connectivity index (χ2v) is 14.4. The Morgan fingerprint density at radius 3 is 1.33 bits per heavy atom. The summed E-state index contributed by atoms with van der Waals surface area (Å²) >= 11 is 0. The molecule has 0 heterocycles. The average Bonchev–Trinajstić information content (AvgIpc) is 3.34. The zero-order chi connectivity index (χ0) is 51.6. The summed E-state index contributed by atoms with van der Waals surface area (Å²) in [5, 5.41) is 5.11. The first-order valence-electron chi connectivity index (χ1n) is 21.1. The van der Waals surface area contributed by atoms with Crippen LogP contribution in [-0.4, -0.2) is 126 Å². The van der Waals surface area contributed by atoms with Gasteiger partial charge in [-0.2, -0.15) is 0 Å². The molecule has 2 amide bonds. The molecule has 2 rings (SSSR count). The first kappa shape index (κ1) is 59.3. The van der Waals surface area contributed by atoms with E-state index < -0.39 is 30.2 Å². The van der Waals surface area contributed by atoms with E-state index in [2.05, 4.69) is 23.8 Å². The quantitative estimate of drug-likeness (QED) is 0.0214. The minimum atomic E-state index is -0.683. The lowest BCUT2D eigenvalue weighted by atomic mass is 10.0. The Morgan fingerprint density at radius 1 is 0.565 bits per heavy atom. The Kier molecular flexibility index (Phi) is 29.7. The van der Waals surface area contributed by atoms with Gasteiger partial charge in [-0.3, -0.25) is 0 Å². The maximum absolute atomic E-state index is 12.1. The highest BCUT2D eigenvalue weighted by molar-refractivity contribution is 5.91. The molecule has 0 fully saturated rings. The van der Waals surface area contributed by atoms with Crippen molar-refractivity contribution >= 4 is 70.7 Å². The molecular formula is C47H60N6O16. The second kappa shape index (κ2) is 34.5. The maximum atomic E-state index is 12.1. The number of esters is 2. The Morgan fingerprint density at radius 2 is 0.942 bits per heavy atom. The lowest BCUT2D eigenvalue weighted by Gasteiger charge is -2.15. The first-order valence-corrected chi connectivity index (χ1v) is 21.1. The van der Waals surface area contributed by atoms with Gasteiger partial charge in [0.05, 0.1) is 26.4 Å². The van der Waals surface area contributed by atoms with Gasteiger partial charge in [0.2, 0.25) is 0 Å². The highest BCUT2D eigenvalue weighted by Crippen LogP contribution is 2.18. The van der Waals surface area contributed by atoms with Gasteiger partial charge in [-0.1, -0.05) is 13.2 Å². The van der Waals surface area contributed by atoms with Crippen molar-refractivity contribution in [2.45, 2.75) is 58.9 Å². The molecule has 0 aliphatic heterocycles.